The van der Waals surface area contributed by atoms with E-state index < -0.39 is 0 Å². The number of para-hydroxylation sites is 6. The minimum Gasteiger partial charge on any atom is -0.455 e. The molecule has 17 rings (SSSR count). The predicted octanol–water partition coefficient (Wildman–Crippen LogP) is 23.3. The van der Waals surface area contributed by atoms with Gasteiger partial charge in [-0.15, -0.1) is 0 Å². The molecule has 5 heteroatoms. The summed E-state index contributed by atoms with van der Waals surface area (Å²) >= 11 is 0. The highest BCUT2D eigenvalue weighted by molar-refractivity contribution is 6.29. The summed E-state index contributed by atoms with van der Waals surface area (Å²) in [5.41, 5.74) is 19.3. The normalized spacial score (nSPS) is 11.8. The summed E-state index contributed by atoms with van der Waals surface area (Å²) < 4.78 is 22.0. The third kappa shape index (κ3) is 7.71. The van der Waals surface area contributed by atoms with Crippen molar-refractivity contribution >= 4 is 121 Å². The smallest absolute Gasteiger partial charge is 0.159 e. The predicted molar refractivity (Wildman–Crippen MR) is 354 cm³/mol. The largest absolute Gasteiger partial charge is 0.455 e. The monoisotopic (exact) mass is 1090 g/mol. The van der Waals surface area contributed by atoms with Crippen molar-refractivity contribution in [3.8, 4) is 44.5 Å². The van der Waals surface area contributed by atoms with E-state index in [9.17, 15) is 0 Å². The van der Waals surface area contributed by atoms with Crippen molar-refractivity contribution in [2.45, 2.75) is 0 Å². The van der Waals surface area contributed by atoms with Crippen molar-refractivity contribution in [1.29, 1.82) is 0 Å². The highest BCUT2D eigenvalue weighted by Gasteiger charge is 2.30. The number of furan rings is 3. The SMILES string of the molecule is c1ccc(-c2ccccc2N(c2cc3c(oc4cc(N(c5ccccc5-c5ccccc5)c5cccc6c5oc5c(-c7ccccc7)cccc56)c5ccccc5c43)c3ccccc23)c2cccc3c2oc2c(-c4ccccc4)cccc23)cc1. The van der Waals surface area contributed by atoms with Crippen molar-refractivity contribution in [2.24, 2.45) is 0 Å². The molecule has 398 valence electrons. The van der Waals surface area contributed by atoms with Crippen molar-refractivity contribution in [3.05, 3.63) is 303 Å². The molecule has 0 bridgehead atoms. The zero-order chi connectivity index (χ0) is 56.0. The second kappa shape index (κ2) is 19.7. The van der Waals surface area contributed by atoms with Gasteiger partial charge in [-0.1, -0.05) is 267 Å². The van der Waals surface area contributed by atoms with Gasteiger partial charge in [0.15, 0.2) is 11.2 Å². The van der Waals surface area contributed by atoms with E-state index in [0.717, 1.165) is 166 Å². The Kier molecular flexibility index (Phi) is 11.2. The first-order valence-electron chi connectivity index (χ1n) is 28.9. The fourth-order valence-corrected chi connectivity index (χ4v) is 13.3. The summed E-state index contributed by atoms with van der Waals surface area (Å²) in [6.07, 6.45) is 0. The van der Waals surface area contributed by atoms with E-state index in [1.165, 1.54) is 0 Å². The molecular formula is C80H50N2O3. The molecule has 85 heavy (non-hydrogen) atoms. The van der Waals surface area contributed by atoms with E-state index in [2.05, 4.69) is 313 Å². The number of fused-ring (bicyclic) bond motifs is 13. The van der Waals surface area contributed by atoms with Gasteiger partial charge in [0.25, 0.3) is 0 Å². The summed E-state index contributed by atoms with van der Waals surface area (Å²) in [6.45, 7) is 0. The van der Waals surface area contributed by atoms with E-state index in [4.69, 9.17) is 13.3 Å². The van der Waals surface area contributed by atoms with Gasteiger partial charge in [0, 0.05) is 76.8 Å². The number of rotatable bonds is 10. The van der Waals surface area contributed by atoms with Crippen LogP contribution in [0.15, 0.2) is 317 Å². The van der Waals surface area contributed by atoms with Crippen LogP contribution in [0, 0.1) is 0 Å². The van der Waals surface area contributed by atoms with Crippen molar-refractivity contribution < 1.29 is 13.3 Å². The van der Waals surface area contributed by atoms with Crippen LogP contribution in [0.1, 0.15) is 0 Å². The van der Waals surface area contributed by atoms with E-state index in [-0.39, 0.29) is 0 Å². The molecule has 0 aliphatic heterocycles. The van der Waals surface area contributed by atoms with Gasteiger partial charge in [-0.25, -0.2) is 0 Å². The Bertz CT molecular complexity index is 5430. The molecule has 0 unspecified atom stereocenters. The molecular weight excluding hydrogens is 1040 g/mol. The molecule has 14 aromatic carbocycles. The van der Waals surface area contributed by atoms with Gasteiger partial charge in [-0.3, -0.25) is 0 Å². The van der Waals surface area contributed by atoms with Gasteiger partial charge in [0.2, 0.25) is 0 Å². The molecule has 5 nitrogen and oxygen atoms in total. The first-order chi connectivity index (χ1) is 42.2. The molecule has 0 N–H and O–H groups in total. The summed E-state index contributed by atoms with van der Waals surface area (Å²) in [6, 6.07) is 108. The minimum atomic E-state index is 0.764. The standard InChI is InChI=1S/C80H50N2O3/c1-5-25-51(26-6-1)55-33-17-19-45-68(55)81(70-47-23-43-65-63-41-21-39-57(76(63)84-79(65)70)53-29-9-3-10-30-53)72-49-67-75-61-37-15-13-35-59(61)73(50-74(75)83-78(67)62-38-16-14-36-60(62)72)82(69-46-20-18-34-56(69)52-27-7-2-8-28-52)71-48-24-44-66-64-42-22-40-58(77(64)85-80(66)71)54-31-11-4-12-32-54/h1-50H. The zero-order valence-electron chi connectivity index (χ0n) is 46.0. The maximum absolute atomic E-state index is 7.47. The van der Waals surface area contributed by atoms with E-state index >= 15 is 0 Å². The van der Waals surface area contributed by atoms with Crippen LogP contribution in [-0.4, -0.2) is 0 Å². The second-order valence-electron chi connectivity index (χ2n) is 21.8. The molecule has 0 fully saturated rings. The quantitative estimate of drug-likeness (QED) is 0.137. The topological polar surface area (TPSA) is 45.9 Å². The molecule has 0 amide bonds. The number of hydrogen-bond acceptors (Lipinski definition) is 5. The van der Waals surface area contributed by atoms with Crippen LogP contribution < -0.4 is 9.80 Å². The molecule has 0 spiro atoms. The highest BCUT2D eigenvalue weighted by atomic mass is 16.3. The second-order valence-corrected chi connectivity index (χ2v) is 21.8. The van der Waals surface area contributed by atoms with E-state index in [1.54, 1.807) is 0 Å². The Morgan fingerprint density at radius 3 is 0.988 bits per heavy atom. The van der Waals surface area contributed by atoms with Crippen LogP contribution in [-0.2, 0) is 0 Å². The van der Waals surface area contributed by atoms with Crippen LogP contribution in [0.3, 0.4) is 0 Å². The van der Waals surface area contributed by atoms with E-state index in [0.29, 0.717) is 0 Å². The lowest BCUT2D eigenvalue weighted by molar-refractivity contribution is 0.669. The number of benzene rings is 14. The average molecular weight is 1090 g/mol. The average Bonchev–Trinajstić information content (AvgIpc) is 1.98. The Balaban J connectivity index is 0.951. The Morgan fingerprint density at radius 2 is 0.506 bits per heavy atom. The van der Waals surface area contributed by atoms with E-state index in [1.807, 2.05) is 0 Å². The summed E-state index contributed by atoms with van der Waals surface area (Å²) in [5.74, 6) is 0. The fraction of sp³-hybridized carbons (Fsp3) is 0. The first-order valence-corrected chi connectivity index (χ1v) is 28.9. The highest BCUT2D eigenvalue weighted by Crippen LogP contribution is 2.54. The molecule has 0 saturated carbocycles. The van der Waals surface area contributed by atoms with Crippen molar-refractivity contribution in [3.63, 3.8) is 0 Å². The van der Waals surface area contributed by atoms with Crippen LogP contribution in [0.25, 0.3) is 132 Å². The molecule has 3 aromatic heterocycles. The minimum absolute atomic E-state index is 0.764. The Hall–Kier alpha value is -11.4. The Labute approximate surface area is 489 Å². The van der Waals surface area contributed by atoms with Gasteiger partial charge >= 0.3 is 0 Å². The third-order valence-electron chi connectivity index (χ3n) is 17.0. The van der Waals surface area contributed by atoms with Crippen LogP contribution in [0.4, 0.5) is 34.1 Å². The fourth-order valence-electron chi connectivity index (χ4n) is 13.3. The lowest BCUT2D eigenvalue weighted by Gasteiger charge is -2.29. The third-order valence-corrected chi connectivity index (χ3v) is 17.0. The van der Waals surface area contributed by atoms with Gasteiger partial charge in [-0.2, -0.15) is 0 Å². The summed E-state index contributed by atoms with van der Waals surface area (Å²) in [4.78, 5) is 4.82. The van der Waals surface area contributed by atoms with Crippen LogP contribution in [0.5, 0.6) is 0 Å². The summed E-state index contributed by atoms with van der Waals surface area (Å²) in [7, 11) is 0. The molecule has 17 aromatic rings. The maximum Gasteiger partial charge on any atom is 0.159 e. The van der Waals surface area contributed by atoms with Crippen molar-refractivity contribution in [1.82, 2.24) is 0 Å². The number of nitrogens with zero attached hydrogens (tertiary/aromatic N) is 2. The lowest BCUT2D eigenvalue weighted by Crippen LogP contribution is -2.12. The molecule has 0 atom stereocenters. The van der Waals surface area contributed by atoms with Gasteiger partial charge < -0.3 is 23.1 Å². The number of anilines is 6. The van der Waals surface area contributed by atoms with Gasteiger partial charge in [0.05, 0.1) is 34.1 Å². The van der Waals surface area contributed by atoms with Gasteiger partial charge in [-0.05, 0) is 58.0 Å². The molecule has 0 aliphatic rings. The zero-order valence-corrected chi connectivity index (χ0v) is 46.0. The van der Waals surface area contributed by atoms with Crippen LogP contribution >= 0.6 is 0 Å². The molecule has 0 saturated heterocycles. The van der Waals surface area contributed by atoms with Crippen LogP contribution in [0.2, 0.25) is 0 Å². The summed E-state index contributed by atoms with van der Waals surface area (Å²) in [5, 5.41) is 10.4. The molecule has 0 aliphatic carbocycles. The number of hydrogen-bond donors (Lipinski definition) is 0. The first kappa shape index (κ1) is 48.3. The molecule has 3 heterocycles. The Morgan fingerprint density at radius 1 is 0.188 bits per heavy atom. The molecule has 0 radical (unpaired) electrons. The lowest BCUT2D eigenvalue weighted by atomic mass is 9.96. The maximum atomic E-state index is 7.47. The van der Waals surface area contributed by atoms with Gasteiger partial charge in [0.1, 0.15) is 22.3 Å². The van der Waals surface area contributed by atoms with Crippen molar-refractivity contribution in [2.75, 3.05) is 9.80 Å².